The molecule has 1 N–H and O–H groups in total. The van der Waals surface area contributed by atoms with Crippen LogP contribution in [0.25, 0.3) is 10.9 Å². The maximum absolute atomic E-state index is 13.0. The van der Waals surface area contributed by atoms with Gasteiger partial charge in [-0.1, -0.05) is 12.1 Å². The Balaban J connectivity index is 1.63. The fraction of sp³-hybridized carbons (Fsp3) is 0.316. The van der Waals surface area contributed by atoms with Crippen LogP contribution >= 0.6 is 11.3 Å². The lowest BCUT2D eigenvalue weighted by Crippen LogP contribution is -2.27. The number of fused-ring (bicyclic) bond motifs is 1. The predicted octanol–water partition coefficient (Wildman–Crippen LogP) is 3.99. The number of carbonyl (C=O) groups excluding carboxylic acids is 1. The summed E-state index contributed by atoms with van der Waals surface area (Å²) >= 11 is 1.48. The first-order chi connectivity index (χ1) is 12.6. The van der Waals surface area contributed by atoms with Crippen molar-refractivity contribution in [2.75, 3.05) is 18.4 Å². The Hall–Kier alpha value is -2.54. The van der Waals surface area contributed by atoms with Crippen molar-refractivity contribution in [2.24, 2.45) is 0 Å². The summed E-state index contributed by atoms with van der Waals surface area (Å²) in [6.07, 6.45) is 3.61. The van der Waals surface area contributed by atoms with Crippen molar-refractivity contribution in [3.05, 3.63) is 51.7 Å². The Morgan fingerprint density at radius 3 is 2.69 bits per heavy atom. The molecule has 0 atom stereocenters. The van der Waals surface area contributed by atoms with Crippen LogP contribution in [0.3, 0.4) is 0 Å². The van der Waals surface area contributed by atoms with Crippen molar-refractivity contribution >= 4 is 34.0 Å². The van der Waals surface area contributed by atoms with E-state index in [1.165, 1.54) is 29.8 Å². The minimum atomic E-state index is -0.253. The van der Waals surface area contributed by atoms with Crippen molar-refractivity contribution < 1.29 is 9.18 Å². The Morgan fingerprint density at radius 1 is 1.23 bits per heavy atom. The highest BCUT2D eigenvalue weighted by molar-refractivity contribution is 7.15. The van der Waals surface area contributed by atoms with Crippen molar-refractivity contribution in [1.82, 2.24) is 14.9 Å². The van der Waals surface area contributed by atoms with Gasteiger partial charge >= 0.3 is 0 Å². The highest BCUT2D eigenvalue weighted by Crippen LogP contribution is 2.34. The first-order valence-electron chi connectivity index (χ1n) is 8.65. The first-order valence-corrected chi connectivity index (χ1v) is 9.47. The molecule has 1 aliphatic heterocycles. The zero-order valence-electron chi connectivity index (χ0n) is 14.5. The van der Waals surface area contributed by atoms with Crippen molar-refractivity contribution in [3.8, 4) is 0 Å². The number of aromatic nitrogens is 2. The number of anilines is 1. The number of amides is 1. The van der Waals surface area contributed by atoms with Crippen LogP contribution < -0.4 is 5.32 Å². The minimum absolute atomic E-state index is 0.0637. The van der Waals surface area contributed by atoms with E-state index in [0.29, 0.717) is 22.8 Å². The molecule has 26 heavy (non-hydrogen) atoms. The molecule has 0 saturated carbocycles. The number of hydrogen-bond acceptors (Lipinski definition) is 5. The number of thiophene rings is 1. The molecule has 3 heterocycles. The summed E-state index contributed by atoms with van der Waals surface area (Å²) < 4.78 is 13.0. The zero-order chi connectivity index (χ0) is 18.1. The van der Waals surface area contributed by atoms with Gasteiger partial charge in [-0.2, -0.15) is 0 Å². The quantitative estimate of drug-likeness (QED) is 0.754. The minimum Gasteiger partial charge on any atom is -0.365 e. The number of carbonyl (C=O) groups is 1. The Kier molecular flexibility index (Phi) is 4.55. The Bertz CT molecular complexity index is 948. The molecule has 1 fully saturated rings. The Morgan fingerprint density at radius 2 is 1.96 bits per heavy atom. The molecule has 0 aliphatic carbocycles. The average Bonchev–Trinajstić information content (AvgIpc) is 3.30. The van der Waals surface area contributed by atoms with Crippen LogP contribution in [0.5, 0.6) is 0 Å². The molecule has 0 radical (unpaired) electrons. The summed E-state index contributed by atoms with van der Waals surface area (Å²) in [4.78, 5) is 25.2. The number of aryl methyl sites for hydroxylation is 1. The summed E-state index contributed by atoms with van der Waals surface area (Å²) in [6, 6.07) is 6.36. The van der Waals surface area contributed by atoms with Crippen molar-refractivity contribution in [3.63, 3.8) is 0 Å². The van der Waals surface area contributed by atoms with Gasteiger partial charge < -0.3 is 10.2 Å². The molecule has 134 valence electrons. The highest BCUT2D eigenvalue weighted by atomic mass is 32.1. The van der Waals surface area contributed by atoms with E-state index >= 15 is 0 Å². The summed E-state index contributed by atoms with van der Waals surface area (Å²) in [5, 5.41) is 4.19. The first kappa shape index (κ1) is 16.9. The molecule has 1 aliphatic rings. The monoisotopic (exact) mass is 370 g/mol. The van der Waals surface area contributed by atoms with Gasteiger partial charge in [-0.05, 0) is 37.5 Å². The van der Waals surface area contributed by atoms with Crippen LogP contribution in [0.1, 0.15) is 33.0 Å². The Labute approximate surface area is 154 Å². The summed E-state index contributed by atoms with van der Waals surface area (Å²) in [6.45, 7) is 4.15. The third kappa shape index (κ3) is 3.14. The lowest BCUT2D eigenvalue weighted by atomic mass is 10.2. The van der Waals surface area contributed by atoms with Crippen molar-refractivity contribution in [2.45, 2.75) is 26.3 Å². The van der Waals surface area contributed by atoms with E-state index in [-0.39, 0.29) is 11.7 Å². The van der Waals surface area contributed by atoms with Gasteiger partial charge in [0.1, 0.15) is 22.8 Å². The average molecular weight is 370 g/mol. The maximum Gasteiger partial charge on any atom is 0.266 e. The number of likely N-dealkylation sites (tertiary alicyclic amines) is 1. The van der Waals surface area contributed by atoms with E-state index in [4.69, 9.17) is 0 Å². The number of hydrogen-bond donors (Lipinski definition) is 1. The SMILES string of the molecule is Cc1sc(C(=O)N2CCCC2)c2ncnc(NCc3ccc(F)cc3)c12. The molecule has 3 aromatic rings. The topological polar surface area (TPSA) is 58.1 Å². The zero-order valence-corrected chi connectivity index (χ0v) is 15.3. The van der Waals surface area contributed by atoms with Gasteiger partial charge in [0, 0.05) is 24.5 Å². The molecule has 5 nitrogen and oxygen atoms in total. The van der Waals surface area contributed by atoms with Crippen LogP contribution in [0.4, 0.5) is 10.2 Å². The molecule has 0 spiro atoms. The van der Waals surface area contributed by atoms with Crippen LogP contribution in [0, 0.1) is 12.7 Å². The molecule has 1 amide bonds. The summed E-state index contributed by atoms with van der Waals surface area (Å²) in [7, 11) is 0. The molecule has 0 unspecified atom stereocenters. The highest BCUT2D eigenvalue weighted by Gasteiger charge is 2.25. The molecule has 0 bridgehead atoms. The molecular weight excluding hydrogens is 351 g/mol. The predicted molar refractivity (Wildman–Crippen MR) is 101 cm³/mol. The van der Waals surface area contributed by atoms with Crippen LogP contribution in [-0.4, -0.2) is 33.9 Å². The lowest BCUT2D eigenvalue weighted by molar-refractivity contribution is 0.0799. The largest absolute Gasteiger partial charge is 0.365 e. The molecule has 1 aromatic carbocycles. The number of halogens is 1. The van der Waals surface area contributed by atoms with Gasteiger partial charge in [0.05, 0.1) is 10.9 Å². The van der Waals surface area contributed by atoms with Gasteiger partial charge in [-0.3, -0.25) is 4.79 Å². The second-order valence-corrected chi connectivity index (χ2v) is 7.64. The van der Waals surface area contributed by atoms with E-state index < -0.39 is 0 Å². The number of nitrogens with zero attached hydrogens (tertiary/aromatic N) is 3. The van der Waals surface area contributed by atoms with Gasteiger partial charge in [0.25, 0.3) is 5.91 Å². The third-order valence-electron chi connectivity index (χ3n) is 4.63. The second-order valence-electron chi connectivity index (χ2n) is 6.41. The van der Waals surface area contributed by atoms with E-state index in [0.717, 1.165) is 41.8 Å². The number of rotatable bonds is 4. The maximum atomic E-state index is 13.0. The molecule has 2 aromatic heterocycles. The van der Waals surface area contributed by atoms with Gasteiger partial charge in [-0.15, -0.1) is 11.3 Å². The fourth-order valence-electron chi connectivity index (χ4n) is 3.27. The van der Waals surface area contributed by atoms with Gasteiger partial charge in [-0.25, -0.2) is 14.4 Å². The van der Waals surface area contributed by atoms with Crippen LogP contribution in [0.2, 0.25) is 0 Å². The summed E-state index contributed by atoms with van der Waals surface area (Å²) in [5.74, 6) is 0.513. The van der Waals surface area contributed by atoms with Crippen molar-refractivity contribution in [1.29, 1.82) is 0 Å². The normalized spacial score (nSPS) is 14.2. The number of nitrogens with one attached hydrogen (secondary N) is 1. The van der Waals surface area contributed by atoms with Gasteiger partial charge in [0.15, 0.2) is 0 Å². The lowest BCUT2D eigenvalue weighted by Gasteiger charge is -2.13. The second kappa shape index (κ2) is 6.99. The van der Waals surface area contributed by atoms with E-state index in [9.17, 15) is 9.18 Å². The third-order valence-corrected chi connectivity index (χ3v) is 5.71. The molecule has 4 rings (SSSR count). The van der Waals surface area contributed by atoms with E-state index in [1.807, 2.05) is 11.8 Å². The number of benzene rings is 1. The molecule has 7 heteroatoms. The van der Waals surface area contributed by atoms with Crippen LogP contribution in [-0.2, 0) is 6.54 Å². The van der Waals surface area contributed by atoms with Gasteiger partial charge in [0.2, 0.25) is 0 Å². The van der Waals surface area contributed by atoms with Crippen LogP contribution in [0.15, 0.2) is 30.6 Å². The standard InChI is InChI=1S/C19H19FN4OS/c1-12-15-16(17(26-12)19(25)24-8-2-3-9-24)22-11-23-18(15)21-10-13-4-6-14(20)7-5-13/h4-7,11H,2-3,8-10H2,1H3,(H,21,22,23). The summed E-state index contributed by atoms with van der Waals surface area (Å²) in [5.41, 5.74) is 1.67. The fourth-order valence-corrected chi connectivity index (χ4v) is 4.34. The smallest absolute Gasteiger partial charge is 0.266 e. The van der Waals surface area contributed by atoms with E-state index in [1.54, 1.807) is 12.1 Å². The molecule has 1 saturated heterocycles. The molecular formula is C19H19FN4OS. The van der Waals surface area contributed by atoms with E-state index in [2.05, 4.69) is 15.3 Å².